The van der Waals surface area contributed by atoms with Gasteiger partial charge in [0.1, 0.15) is 5.69 Å². The highest BCUT2D eigenvalue weighted by atomic mass is 16.5. The zero-order valence-corrected chi connectivity index (χ0v) is 13.8. The average molecular weight is 340 g/mol. The monoisotopic (exact) mass is 340 g/mol. The molecule has 1 saturated heterocycles. The molecule has 0 unspecified atom stereocenters. The predicted octanol–water partition coefficient (Wildman–Crippen LogP) is 4.23. The zero-order valence-electron chi connectivity index (χ0n) is 13.8. The molecule has 1 N–H and O–H groups in total. The Balaban J connectivity index is 1.77. The largest absolute Gasteiger partial charge is 0.476 e. The van der Waals surface area contributed by atoms with Gasteiger partial charge in [-0.05, 0) is 37.8 Å². The summed E-state index contributed by atoms with van der Waals surface area (Å²) in [6.45, 7) is 1.33. The second-order valence-electron chi connectivity index (χ2n) is 6.49. The Morgan fingerprint density at radius 3 is 2.48 bits per heavy atom. The summed E-state index contributed by atoms with van der Waals surface area (Å²) in [4.78, 5) is 11.9. The Morgan fingerprint density at radius 2 is 1.84 bits per heavy atom. The molecule has 25 heavy (non-hydrogen) atoms. The molecule has 1 saturated carbocycles. The van der Waals surface area contributed by atoms with Crippen molar-refractivity contribution in [2.24, 2.45) is 10.2 Å². The summed E-state index contributed by atoms with van der Waals surface area (Å²) in [5, 5.41) is 23.0. The van der Waals surface area contributed by atoms with Gasteiger partial charge in [0.2, 0.25) is 0 Å². The number of hydrogen-bond donors (Lipinski definition) is 1. The van der Waals surface area contributed by atoms with Crippen molar-refractivity contribution in [1.29, 1.82) is 0 Å². The third-order valence-electron chi connectivity index (χ3n) is 4.64. The predicted molar refractivity (Wildman–Crippen MR) is 90.9 cm³/mol. The molecular formula is C18H20N4O3. The Labute approximate surface area is 145 Å². The van der Waals surface area contributed by atoms with Crippen molar-refractivity contribution in [2.45, 2.75) is 37.6 Å². The van der Waals surface area contributed by atoms with Crippen molar-refractivity contribution in [3.63, 3.8) is 0 Å². The summed E-state index contributed by atoms with van der Waals surface area (Å²) in [5.74, 6) is -0.837. The van der Waals surface area contributed by atoms with Gasteiger partial charge in [0, 0.05) is 19.1 Å². The van der Waals surface area contributed by atoms with Crippen LogP contribution in [0.4, 0.5) is 11.4 Å². The summed E-state index contributed by atoms with van der Waals surface area (Å²) < 4.78 is 7.08. The third kappa shape index (κ3) is 3.32. The Bertz CT molecular complexity index is 790. The molecule has 1 aromatic carbocycles. The van der Waals surface area contributed by atoms with E-state index in [9.17, 15) is 9.90 Å². The van der Waals surface area contributed by atoms with E-state index in [0.29, 0.717) is 24.6 Å². The van der Waals surface area contributed by atoms with Crippen LogP contribution in [0.3, 0.4) is 0 Å². The fraction of sp³-hybridized carbons (Fsp3) is 0.444. The van der Waals surface area contributed by atoms with Gasteiger partial charge < -0.3 is 9.84 Å². The van der Waals surface area contributed by atoms with Crippen LogP contribution in [0.15, 0.2) is 40.6 Å². The lowest BCUT2D eigenvalue weighted by atomic mass is 9.95. The number of azo groups is 1. The smallest absolute Gasteiger partial charge is 0.356 e. The lowest BCUT2D eigenvalue weighted by Crippen LogP contribution is -2.15. The van der Waals surface area contributed by atoms with Gasteiger partial charge in [-0.1, -0.05) is 18.2 Å². The van der Waals surface area contributed by atoms with Crippen LogP contribution in [0.25, 0.3) is 0 Å². The van der Waals surface area contributed by atoms with Crippen LogP contribution < -0.4 is 0 Å². The SMILES string of the molecule is O=C(O)c1c(/N=N/c2ccccc2)c(C2CCOCC2)nn1C1CC1. The van der Waals surface area contributed by atoms with E-state index < -0.39 is 5.97 Å². The molecule has 2 fully saturated rings. The first-order valence-electron chi connectivity index (χ1n) is 8.64. The quantitative estimate of drug-likeness (QED) is 0.825. The van der Waals surface area contributed by atoms with E-state index >= 15 is 0 Å². The lowest BCUT2D eigenvalue weighted by molar-refractivity contribution is 0.0684. The molecule has 1 aliphatic carbocycles. The van der Waals surface area contributed by atoms with Crippen molar-refractivity contribution in [3.05, 3.63) is 41.7 Å². The number of aromatic carboxylic acids is 1. The second kappa shape index (κ2) is 6.76. The number of ether oxygens (including phenoxy) is 1. The number of carboxylic acids is 1. The molecule has 130 valence electrons. The molecule has 7 heteroatoms. The average Bonchev–Trinajstić information content (AvgIpc) is 3.42. The van der Waals surface area contributed by atoms with Crippen LogP contribution in [0.1, 0.15) is 53.8 Å². The standard InChI is InChI=1S/C18H20N4O3/c23-18(24)17-16(20-19-13-4-2-1-3-5-13)15(12-8-10-25-11-9-12)21-22(17)14-6-7-14/h1-5,12,14H,6-11H2,(H,23,24)/b20-19+. The minimum Gasteiger partial charge on any atom is -0.476 e. The molecule has 0 spiro atoms. The minimum absolute atomic E-state index is 0.156. The van der Waals surface area contributed by atoms with Gasteiger partial charge >= 0.3 is 5.97 Å². The van der Waals surface area contributed by atoms with E-state index in [2.05, 4.69) is 15.3 Å². The first-order chi connectivity index (χ1) is 12.2. The van der Waals surface area contributed by atoms with Gasteiger partial charge in [-0.3, -0.25) is 4.68 Å². The van der Waals surface area contributed by atoms with Crippen molar-refractivity contribution in [3.8, 4) is 0 Å². The lowest BCUT2D eigenvalue weighted by Gasteiger charge is -2.20. The van der Waals surface area contributed by atoms with Crippen LogP contribution >= 0.6 is 0 Å². The van der Waals surface area contributed by atoms with Crippen molar-refractivity contribution in [1.82, 2.24) is 9.78 Å². The summed E-state index contributed by atoms with van der Waals surface area (Å²) in [6.07, 6.45) is 3.58. The number of nitrogens with zero attached hydrogens (tertiary/aromatic N) is 4. The highest BCUT2D eigenvalue weighted by Crippen LogP contribution is 2.42. The van der Waals surface area contributed by atoms with Crippen molar-refractivity contribution in [2.75, 3.05) is 13.2 Å². The maximum Gasteiger partial charge on any atom is 0.356 e. The number of hydrogen-bond acceptors (Lipinski definition) is 5. The van der Waals surface area contributed by atoms with E-state index in [1.54, 1.807) is 4.68 Å². The van der Waals surface area contributed by atoms with Crippen LogP contribution in [-0.4, -0.2) is 34.1 Å². The molecule has 1 aromatic heterocycles. The maximum atomic E-state index is 11.9. The van der Waals surface area contributed by atoms with E-state index in [1.165, 1.54) is 0 Å². The van der Waals surface area contributed by atoms with Crippen LogP contribution in [0.2, 0.25) is 0 Å². The van der Waals surface area contributed by atoms with Gasteiger partial charge in [0.15, 0.2) is 5.69 Å². The first kappa shape index (κ1) is 16.0. The van der Waals surface area contributed by atoms with Crippen molar-refractivity contribution < 1.29 is 14.6 Å². The molecule has 2 heterocycles. The number of rotatable bonds is 5. The molecule has 7 nitrogen and oxygen atoms in total. The fourth-order valence-corrected chi connectivity index (χ4v) is 3.17. The topological polar surface area (TPSA) is 89.1 Å². The summed E-state index contributed by atoms with van der Waals surface area (Å²) >= 11 is 0. The van der Waals surface area contributed by atoms with Crippen molar-refractivity contribution >= 4 is 17.3 Å². The number of carbonyl (C=O) groups is 1. The molecule has 1 aliphatic heterocycles. The molecule has 0 amide bonds. The molecule has 2 aromatic rings. The summed E-state index contributed by atoms with van der Waals surface area (Å²) in [6, 6.07) is 9.50. The minimum atomic E-state index is -1.00. The molecule has 2 aliphatic rings. The van der Waals surface area contributed by atoms with Gasteiger partial charge in [-0.2, -0.15) is 10.2 Å². The molecular weight excluding hydrogens is 320 g/mol. The van der Waals surface area contributed by atoms with Crippen LogP contribution in [-0.2, 0) is 4.74 Å². The molecule has 4 rings (SSSR count). The second-order valence-corrected chi connectivity index (χ2v) is 6.49. The zero-order chi connectivity index (χ0) is 17.2. The van der Waals surface area contributed by atoms with Gasteiger partial charge in [-0.25, -0.2) is 4.79 Å². The van der Waals surface area contributed by atoms with Gasteiger partial charge in [0.25, 0.3) is 0 Å². The first-order valence-corrected chi connectivity index (χ1v) is 8.64. The van der Waals surface area contributed by atoms with Gasteiger partial charge in [-0.15, -0.1) is 5.11 Å². The highest BCUT2D eigenvalue weighted by Gasteiger charge is 2.35. The molecule has 0 bridgehead atoms. The Kier molecular flexibility index (Phi) is 4.31. The van der Waals surface area contributed by atoms with E-state index in [1.807, 2.05) is 30.3 Å². The number of aromatic nitrogens is 2. The third-order valence-corrected chi connectivity index (χ3v) is 4.64. The number of benzene rings is 1. The normalized spacial score (nSPS) is 18.7. The van der Waals surface area contributed by atoms with E-state index in [-0.39, 0.29) is 17.7 Å². The van der Waals surface area contributed by atoms with Crippen LogP contribution in [0, 0.1) is 0 Å². The summed E-state index contributed by atoms with van der Waals surface area (Å²) in [7, 11) is 0. The number of carboxylic acid groups (broad SMARTS) is 1. The highest BCUT2D eigenvalue weighted by molar-refractivity contribution is 5.92. The fourth-order valence-electron chi connectivity index (χ4n) is 3.17. The Hall–Kier alpha value is -2.54. The molecule has 0 atom stereocenters. The summed E-state index contributed by atoms with van der Waals surface area (Å²) in [5.41, 5.74) is 1.99. The van der Waals surface area contributed by atoms with Crippen LogP contribution in [0.5, 0.6) is 0 Å². The van der Waals surface area contributed by atoms with Gasteiger partial charge in [0.05, 0.1) is 17.4 Å². The molecule has 0 radical (unpaired) electrons. The Morgan fingerprint density at radius 1 is 1.12 bits per heavy atom. The van der Waals surface area contributed by atoms with E-state index in [4.69, 9.17) is 4.74 Å². The van der Waals surface area contributed by atoms with E-state index in [0.717, 1.165) is 31.4 Å². The maximum absolute atomic E-state index is 11.9.